The van der Waals surface area contributed by atoms with Crippen LogP contribution in [0, 0.1) is 11.3 Å². The van der Waals surface area contributed by atoms with Crippen molar-refractivity contribution in [2.45, 2.75) is 6.54 Å². The van der Waals surface area contributed by atoms with Crippen molar-refractivity contribution >= 4 is 11.7 Å². The van der Waals surface area contributed by atoms with Gasteiger partial charge < -0.3 is 11.1 Å². The third-order valence-electron chi connectivity index (χ3n) is 2.58. The Labute approximate surface area is 110 Å². The second-order valence-electron chi connectivity index (χ2n) is 3.96. The maximum atomic E-state index is 11.8. The van der Waals surface area contributed by atoms with Crippen LogP contribution in [0.3, 0.4) is 0 Å². The Morgan fingerprint density at radius 2 is 2.00 bits per heavy atom. The van der Waals surface area contributed by atoms with E-state index in [2.05, 4.69) is 10.3 Å². The minimum Gasteiger partial charge on any atom is -0.384 e. The van der Waals surface area contributed by atoms with Crippen LogP contribution >= 0.6 is 0 Å². The summed E-state index contributed by atoms with van der Waals surface area (Å²) in [5.74, 6) is 0.167. The Hall–Kier alpha value is -2.87. The van der Waals surface area contributed by atoms with Crippen LogP contribution in [0.4, 0.5) is 5.82 Å². The molecule has 0 unspecified atom stereocenters. The Kier molecular flexibility index (Phi) is 3.74. The maximum absolute atomic E-state index is 11.8. The lowest BCUT2D eigenvalue weighted by molar-refractivity contribution is 0.0950. The van der Waals surface area contributed by atoms with E-state index in [1.807, 2.05) is 6.07 Å². The maximum Gasteiger partial charge on any atom is 0.253 e. The number of nitrogens with zero attached hydrogens (tertiary/aromatic N) is 2. The fourth-order valence-corrected chi connectivity index (χ4v) is 1.52. The van der Waals surface area contributed by atoms with E-state index in [1.54, 1.807) is 36.4 Å². The Bertz CT molecular complexity index is 611. The van der Waals surface area contributed by atoms with Gasteiger partial charge >= 0.3 is 0 Å². The first-order chi connectivity index (χ1) is 9.19. The predicted molar refractivity (Wildman–Crippen MR) is 71.0 cm³/mol. The number of nitrogen functional groups attached to an aromatic ring is 1. The number of aromatic nitrogens is 1. The highest BCUT2D eigenvalue weighted by Crippen LogP contribution is 2.04. The van der Waals surface area contributed by atoms with E-state index in [0.717, 1.165) is 5.56 Å². The van der Waals surface area contributed by atoms with Gasteiger partial charge in [0.2, 0.25) is 0 Å². The molecular weight excluding hydrogens is 240 g/mol. The van der Waals surface area contributed by atoms with Crippen molar-refractivity contribution in [3.05, 3.63) is 59.3 Å². The molecule has 1 heterocycles. The summed E-state index contributed by atoms with van der Waals surface area (Å²) in [5.41, 5.74) is 7.43. The fourth-order valence-electron chi connectivity index (χ4n) is 1.52. The molecule has 3 N–H and O–H groups in total. The molecule has 0 fully saturated rings. The molecule has 94 valence electrons. The van der Waals surface area contributed by atoms with Gasteiger partial charge in [-0.2, -0.15) is 5.26 Å². The van der Waals surface area contributed by atoms with Crippen molar-refractivity contribution in [3.63, 3.8) is 0 Å². The highest BCUT2D eigenvalue weighted by atomic mass is 16.1. The molecule has 1 amide bonds. The molecule has 0 saturated heterocycles. The Morgan fingerprint density at radius 1 is 1.26 bits per heavy atom. The van der Waals surface area contributed by atoms with Gasteiger partial charge in [0.25, 0.3) is 5.91 Å². The lowest BCUT2D eigenvalue weighted by atomic mass is 10.1. The number of rotatable bonds is 3. The van der Waals surface area contributed by atoms with E-state index in [1.165, 1.54) is 6.20 Å². The first-order valence-corrected chi connectivity index (χ1v) is 5.68. The molecule has 2 aromatic rings. The summed E-state index contributed by atoms with van der Waals surface area (Å²) in [6, 6.07) is 12.3. The molecule has 1 aromatic heterocycles. The minimum atomic E-state index is -0.211. The fraction of sp³-hybridized carbons (Fsp3) is 0.0714. The Balaban J connectivity index is 1.96. The number of hydrogen-bond donors (Lipinski definition) is 2. The van der Waals surface area contributed by atoms with Crippen molar-refractivity contribution in [3.8, 4) is 6.07 Å². The summed E-state index contributed by atoms with van der Waals surface area (Å²) in [7, 11) is 0. The van der Waals surface area contributed by atoms with E-state index in [0.29, 0.717) is 23.5 Å². The van der Waals surface area contributed by atoms with Crippen LogP contribution in [0.5, 0.6) is 0 Å². The molecule has 0 aliphatic carbocycles. The van der Waals surface area contributed by atoms with Crippen LogP contribution in [0.1, 0.15) is 21.5 Å². The molecule has 1 aromatic carbocycles. The molecule has 0 spiro atoms. The molecule has 19 heavy (non-hydrogen) atoms. The zero-order valence-corrected chi connectivity index (χ0v) is 10.1. The molecule has 5 heteroatoms. The van der Waals surface area contributed by atoms with Gasteiger partial charge in [-0.25, -0.2) is 4.98 Å². The molecule has 0 bridgehead atoms. The number of nitrogens with two attached hydrogens (primary N) is 1. The molecule has 0 saturated carbocycles. The standard InChI is InChI=1S/C14H12N4O/c15-7-10-1-3-11(4-2-10)8-18-14(19)12-5-6-13(16)17-9-12/h1-6,9H,8H2,(H2,16,17)(H,18,19). The lowest BCUT2D eigenvalue weighted by Gasteiger charge is -2.05. The average Bonchev–Trinajstić information content (AvgIpc) is 2.46. The number of nitrogens with one attached hydrogen (secondary N) is 1. The number of benzene rings is 1. The number of anilines is 1. The van der Waals surface area contributed by atoms with Gasteiger partial charge in [-0.3, -0.25) is 4.79 Å². The van der Waals surface area contributed by atoms with Crippen LogP contribution < -0.4 is 11.1 Å². The summed E-state index contributed by atoms with van der Waals surface area (Å²) in [6.45, 7) is 0.398. The first kappa shape index (κ1) is 12.6. The number of pyridine rings is 1. The van der Waals surface area contributed by atoms with Crippen LogP contribution in [0.15, 0.2) is 42.6 Å². The van der Waals surface area contributed by atoms with Crippen molar-refractivity contribution < 1.29 is 4.79 Å². The highest BCUT2D eigenvalue weighted by molar-refractivity contribution is 5.93. The monoisotopic (exact) mass is 252 g/mol. The van der Waals surface area contributed by atoms with E-state index in [4.69, 9.17) is 11.0 Å². The molecule has 0 radical (unpaired) electrons. The normalized spacial score (nSPS) is 9.63. The van der Waals surface area contributed by atoms with E-state index < -0.39 is 0 Å². The topological polar surface area (TPSA) is 91.8 Å². The summed E-state index contributed by atoms with van der Waals surface area (Å²) >= 11 is 0. The second-order valence-corrected chi connectivity index (χ2v) is 3.96. The van der Waals surface area contributed by atoms with Crippen molar-refractivity contribution in [2.75, 3.05) is 5.73 Å². The van der Waals surface area contributed by atoms with E-state index in [9.17, 15) is 4.79 Å². The summed E-state index contributed by atoms with van der Waals surface area (Å²) < 4.78 is 0. The van der Waals surface area contributed by atoms with Gasteiger partial charge in [-0.1, -0.05) is 12.1 Å². The van der Waals surface area contributed by atoms with Gasteiger partial charge in [0.05, 0.1) is 17.2 Å². The third-order valence-corrected chi connectivity index (χ3v) is 2.58. The molecule has 0 aliphatic heterocycles. The van der Waals surface area contributed by atoms with Gasteiger partial charge in [0.15, 0.2) is 0 Å². The smallest absolute Gasteiger partial charge is 0.253 e. The van der Waals surface area contributed by atoms with E-state index >= 15 is 0 Å². The summed E-state index contributed by atoms with van der Waals surface area (Å²) in [4.78, 5) is 15.7. The largest absolute Gasteiger partial charge is 0.384 e. The quantitative estimate of drug-likeness (QED) is 0.865. The molecule has 0 aliphatic rings. The van der Waals surface area contributed by atoms with Crippen LogP contribution in [0.25, 0.3) is 0 Å². The summed E-state index contributed by atoms with van der Waals surface area (Å²) in [5, 5.41) is 11.5. The molecule has 2 rings (SSSR count). The first-order valence-electron chi connectivity index (χ1n) is 5.68. The highest BCUT2D eigenvalue weighted by Gasteiger charge is 2.05. The van der Waals surface area contributed by atoms with Crippen LogP contribution in [-0.2, 0) is 6.54 Å². The zero-order chi connectivity index (χ0) is 13.7. The number of hydrogen-bond acceptors (Lipinski definition) is 4. The second kappa shape index (κ2) is 5.65. The summed E-state index contributed by atoms with van der Waals surface area (Å²) in [6.07, 6.45) is 1.43. The number of nitriles is 1. The van der Waals surface area contributed by atoms with Crippen molar-refractivity contribution in [1.82, 2.24) is 10.3 Å². The molecule has 5 nitrogen and oxygen atoms in total. The number of carbonyl (C=O) groups excluding carboxylic acids is 1. The average molecular weight is 252 g/mol. The van der Waals surface area contributed by atoms with Crippen LogP contribution in [-0.4, -0.2) is 10.9 Å². The minimum absolute atomic E-state index is 0.211. The van der Waals surface area contributed by atoms with E-state index in [-0.39, 0.29) is 5.91 Å². The van der Waals surface area contributed by atoms with Crippen LogP contribution in [0.2, 0.25) is 0 Å². The van der Waals surface area contributed by atoms with Gasteiger partial charge in [-0.15, -0.1) is 0 Å². The van der Waals surface area contributed by atoms with Gasteiger partial charge in [0.1, 0.15) is 5.82 Å². The molecule has 0 atom stereocenters. The van der Waals surface area contributed by atoms with Gasteiger partial charge in [-0.05, 0) is 29.8 Å². The van der Waals surface area contributed by atoms with Crippen molar-refractivity contribution in [2.24, 2.45) is 0 Å². The SMILES string of the molecule is N#Cc1ccc(CNC(=O)c2ccc(N)nc2)cc1. The lowest BCUT2D eigenvalue weighted by Crippen LogP contribution is -2.22. The number of carbonyl (C=O) groups is 1. The Morgan fingerprint density at radius 3 is 2.58 bits per heavy atom. The predicted octanol–water partition coefficient (Wildman–Crippen LogP) is 1.47. The van der Waals surface area contributed by atoms with Gasteiger partial charge in [0, 0.05) is 12.7 Å². The number of amides is 1. The molecular formula is C14H12N4O. The third kappa shape index (κ3) is 3.30. The van der Waals surface area contributed by atoms with Crippen molar-refractivity contribution in [1.29, 1.82) is 5.26 Å². The zero-order valence-electron chi connectivity index (χ0n) is 10.1.